The zero-order valence-electron chi connectivity index (χ0n) is 14.0. The van der Waals surface area contributed by atoms with E-state index in [-0.39, 0.29) is 0 Å². The maximum Gasteiger partial charge on any atom is 0.222 e. The van der Waals surface area contributed by atoms with E-state index >= 15 is 0 Å². The molecule has 1 saturated heterocycles. The first-order chi connectivity index (χ1) is 11.8. The standard InChI is InChI=1S/C19H24N4O/c24-19(11-15-3-1-2-4-15)23-9-7-22(8-10-23)17-5-6-18-16(12-17)13-20-14-21-18/h5-6,12-15H,1-4,7-11H2. The Kier molecular flexibility index (Phi) is 4.32. The highest BCUT2D eigenvalue weighted by Gasteiger charge is 2.25. The van der Waals surface area contributed by atoms with Crippen LogP contribution >= 0.6 is 0 Å². The second-order valence-electron chi connectivity index (χ2n) is 6.99. The highest BCUT2D eigenvalue weighted by Crippen LogP contribution is 2.28. The number of carbonyl (C=O) groups is 1. The number of hydrogen-bond donors (Lipinski definition) is 0. The van der Waals surface area contributed by atoms with Gasteiger partial charge < -0.3 is 9.80 Å². The Morgan fingerprint density at radius 2 is 1.92 bits per heavy atom. The Hall–Kier alpha value is -2.17. The van der Waals surface area contributed by atoms with E-state index in [4.69, 9.17) is 0 Å². The minimum atomic E-state index is 0.355. The fraction of sp³-hybridized carbons (Fsp3) is 0.526. The molecule has 126 valence electrons. The summed E-state index contributed by atoms with van der Waals surface area (Å²) < 4.78 is 0. The molecule has 4 rings (SSSR count). The lowest BCUT2D eigenvalue weighted by Crippen LogP contribution is -2.49. The number of aromatic nitrogens is 2. The molecule has 0 spiro atoms. The number of hydrogen-bond acceptors (Lipinski definition) is 4. The summed E-state index contributed by atoms with van der Waals surface area (Å²) in [5, 5.41) is 1.06. The molecule has 0 atom stereocenters. The van der Waals surface area contributed by atoms with Gasteiger partial charge in [0.05, 0.1) is 5.52 Å². The Morgan fingerprint density at radius 3 is 2.71 bits per heavy atom. The van der Waals surface area contributed by atoms with Gasteiger partial charge in [0.2, 0.25) is 5.91 Å². The predicted molar refractivity (Wildman–Crippen MR) is 94.9 cm³/mol. The van der Waals surface area contributed by atoms with E-state index in [1.54, 1.807) is 6.33 Å². The third-order valence-electron chi connectivity index (χ3n) is 5.42. The van der Waals surface area contributed by atoms with Crippen LogP contribution < -0.4 is 4.90 Å². The van der Waals surface area contributed by atoms with Gasteiger partial charge in [-0.3, -0.25) is 4.79 Å². The van der Waals surface area contributed by atoms with Gasteiger partial charge >= 0.3 is 0 Å². The molecule has 0 radical (unpaired) electrons. The van der Waals surface area contributed by atoms with Crippen molar-refractivity contribution in [2.24, 2.45) is 5.92 Å². The van der Waals surface area contributed by atoms with E-state index in [1.807, 2.05) is 12.3 Å². The van der Waals surface area contributed by atoms with Gasteiger partial charge in [-0.05, 0) is 37.0 Å². The number of nitrogens with zero attached hydrogens (tertiary/aromatic N) is 4. The molecule has 24 heavy (non-hydrogen) atoms. The molecule has 1 aromatic carbocycles. The fourth-order valence-corrected chi connectivity index (χ4v) is 3.97. The van der Waals surface area contributed by atoms with Crippen LogP contribution in [0.4, 0.5) is 5.69 Å². The van der Waals surface area contributed by atoms with Crippen molar-refractivity contribution in [3.63, 3.8) is 0 Å². The van der Waals surface area contributed by atoms with Gasteiger partial charge in [-0.1, -0.05) is 12.8 Å². The summed E-state index contributed by atoms with van der Waals surface area (Å²) in [6.45, 7) is 3.45. The van der Waals surface area contributed by atoms with E-state index in [2.05, 4.69) is 31.9 Å². The van der Waals surface area contributed by atoms with E-state index in [9.17, 15) is 4.79 Å². The summed E-state index contributed by atoms with van der Waals surface area (Å²) in [7, 11) is 0. The number of anilines is 1. The molecule has 0 unspecified atom stereocenters. The Labute approximate surface area is 142 Å². The van der Waals surface area contributed by atoms with Crippen molar-refractivity contribution in [1.29, 1.82) is 0 Å². The number of rotatable bonds is 3. The van der Waals surface area contributed by atoms with Crippen molar-refractivity contribution in [1.82, 2.24) is 14.9 Å². The number of benzene rings is 1. The molecule has 0 N–H and O–H groups in total. The van der Waals surface area contributed by atoms with Crippen molar-refractivity contribution in [2.75, 3.05) is 31.1 Å². The van der Waals surface area contributed by atoms with Gasteiger partial charge in [0, 0.05) is 49.9 Å². The molecule has 2 aromatic rings. The van der Waals surface area contributed by atoms with Gasteiger partial charge in [0.25, 0.3) is 0 Å². The molecule has 1 aromatic heterocycles. The molecule has 2 heterocycles. The summed E-state index contributed by atoms with van der Waals surface area (Å²) in [6, 6.07) is 6.31. The Bertz CT molecular complexity index is 718. The van der Waals surface area contributed by atoms with Crippen LogP contribution in [0.25, 0.3) is 10.9 Å². The topological polar surface area (TPSA) is 49.3 Å². The minimum Gasteiger partial charge on any atom is -0.368 e. The predicted octanol–water partition coefficient (Wildman–Crippen LogP) is 2.86. The van der Waals surface area contributed by atoms with Crippen LogP contribution in [0.15, 0.2) is 30.7 Å². The van der Waals surface area contributed by atoms with Crippen LogP contribution in [-0.2, 0) is 4.79 Å². The average Bonchev–Trinajstić information content (AvgIpc) is 3.14. The SMILES string of the molecule is O=C(CC1CCCC1)N1CCN(c2ccc3ncncc3c2)CC1. The first kappa shape index (κ1) is 15.4. The first-order valence-electron chi connectivity index (χ1n) is 9.02. The summed E-state index contributed by atoms with van der Waals surface area (Å²) in [6.07, 6.45) is 9.28. The summed E-state index contributed by atoms with van der Waals surface area (Å²) in [5.41, 5.74) is 2.17. The lowest BCUT2D eigenvalue weighted by Gasteiger charge is -2.36. The molecule has 5 heteroatoms. The van der Waals surface area contributed by atoms with Crippen molar-refractivity contribution in [2.45, 2.75) is 32.1 Å². The number of piperazine rings is 1. The molecule has 1 saturated carbocycles. The summed E-state index contributed by atoms with van der Waals surface area (Å²) >= 11 is 0. The maximum absolute atomic E-state index is 12.5. The number of fused-ring (bicyclic) bond motifs is 1. The second-order valence-corrected chi connectivity index (χ2v) is 6.99. The largest absolute Gasteiger partial charge is 0.368 e. The molecule has 1 aliphatic heterocycles. The minimum absolute atomic E-state index is 0.355. The van der Waals surface area contributed by atoms with Crippen LogP contribution in [0.3, 0.4) is 0 Å². The molecule has 1 amide bonds. The van der Waals surface area contributed by atoms with E-state index in [0.717, 1.165) is 43.5 Å². The van der Waals surface area contributed by atoms with E-state index in [1.165, 1.54) is 31.4 Å². The summed E-state index contributed by atoms with van der Waals surface area (Å²) in [5.74, 6) is 0.990. The second kappa shape index (κ2) is 6.75. The van der Waals surface area contributed by atoms with Crippen LogP contribution in [0.1, 0.15) is 32.1 Å². The lowest BCUT2D eigenvalue weighted by molar-refractivity contribution is -0.132. The van der Waals surface area contributed by atoms with Crippen LogP contribution in [0, 0.1) is 5.92 Å². The maximum atomic E-state index is 12.5. The molecule has 1 aliphatic carbocycles. The third kappa shape index (κ3) is 3.21. The van der Waals surface area contributed by atoms with E-state index in [0.29, 0.717) is 11.8 Å². The van der Waals surface area contributed by atoms with Crippen LogP contribution in [0.2, 0.25) is 0 Å². The number of carbonyl (C=O) groups excluding carboxylic acids is 1. The van der Waals surface area contributed by atoms with Crippen LogP contribution in [0.5, 0.6) is 0 Å². The Balaban J connectivity index is 1.37. The molecular formula is C19H24N4O. The zero-order valence-corrected chi connectivity index (χ0v) is 14.0. The van der Waals surface area contributed by atoms with Crippen molar-refractivity contribution < 1.29 is 4.79 Å². The molecule has 2 fully saturated rings. The van der Waals surface area contributed by atoms with E-state index < -0.39 is 0 Å². The lowest BCUT2D eigenvalue weighted by atomic mass is 10.0. The average molecular weight is 324 g/mol. The van der Waals surface area contributed by atoms with Crippen molar-refractivity contribution >= 4 is 22.5 Å². The Morgan fingerprint density at radius 1 is 1.12 bits per heavy atom. The van der Waals surface area contributed by atoms with Crippen LogP contribution in [-0.4, -0.2) is 47.0 Å². The molecule has 2 aliphatic rings. The van der Waals surface area contributed by atoms with Gasteiger partial charge in [-0.2, -0.15) is 0 Å². The third-order valence-corrected chi connectivity index (χ3v) is 5.42. The quantitative estimate of drug-likeness (QED) is 0.871. The molecule has 0 bridgehead atoms. The normalized spacial score (nSPS) is 19.2. The van der Waals surface area contributed by atoms with Gasteiger partial charge in [0.1, 0.15) is 6.33 Å². The highest BCUT2D eigenvalue weighted by atomic mass is 16.2. The van der Waals surface area contributed by atoms with Crippen molar-refractivity contribution in [3.05, 3.63) is 30.7 Å². The van der Waals surface area contributed by atoms with Gasteiger partial charge in [-0.15, -0.1) is 0 Å². The zero-order chi connectivity index (χ0) is 16.4. The first-order valence-corrected chi connectivity index (χ1v) is 9.02. The molecule has 5 nitrogen and oxygen atoms in total. The number of amides is 1. The summed E-state index contributed by atoms with van der Waals surface area (Å²) in [4.78, 5) is 25.2. The van der Waals surface area contributed by atoms with Gasteiger partial charge in [-0.25, -0.2) is 9.97 Å². The van der Waals surface area contributed by atoms with Crippen molar-refractivity contribution in [3.8, 4) is 0 Å². The van der Waals surface area contributed by atoms with Gasteiger partial charge in [0.15, 0.2) is 0 Å². The smallest absolute Gasteiger partial charge is 0.222 e. The fourth-order valence-electron chi connectivity index (χ4n) is 3.97. The monoisotopic (exact) mass is 324 g/mol. The highest BCUT2D eigenvalue weighted by molar-refractivity contribution is 5.82. The molecular weight excluding hydrogens is 300 g/mol.